The van der Waals surface area contributed by atoms with Gasteiger partial charge in [-0.3, -0.25) is 14.9 Å². The fourth-order valence-corrected chi connectivity index (χ4v) is 2.69. The van der Waals surface area contributed by atoms with Gasteiger partial charge in [0.05, 0.1) is 22.1 Å². The molecule has 0 bridgehead atoms. The summed E-state index contributed by atoms with van der Waals surface area (Å²) in [5.74, 6) is -0.0702. The molecule has 6 heteroatoms. The van der Waals surface area contributed by atoms with Crippen LogP contribution in [0.5, 0.6) is 0 Å². The molecule has 0 atom stereocenters. The third-order valence-corrected chi connectivity index (χ3v) is 3.93. The molecule has 2 aromatic carbocycles. The highest BCUT2D eigenvalue weighted by atomic mass is 16.6. The number of Topliss-reactive ketones (excluding diaryl/α,β-unsaturated/α-hetero) is 1. The molecule has 0 aliphatic heterocycles. The maximum atomic E-state index is 12.6. The number of non-ortho nitro benzene ring substituents is 1. The number of fused-ring (bicyclic) bond motifs is 1. The van der Waals surface area contributed by atoms with Crippen molar-refractivity contribution in [3.8, 4) is 6.07 Å². The van der Waals surface area contributed by atoms with Crippen LogP contribution in [0.2, 0.25) is 0 Å². The van der Waals surface area contributed by atoms with Crippen LogP contribution < -0.4 is 0 Å². The van der Waals surface area contributed by atoms with Crippen LogP contribution in [0.3, 0.4) is 0 Å². The Bertz CT molecular complexity index is 995. The second kappa shape index (κ2) is 5.97. The standard InChI is InChI=1S/C18H13N3O3/c1-20-11-16(15-7-6-14(21(23)24)9-17(15)20)18(22)8-12-2-4-13(10-19)5-3-12/h2-7,9,11H,8H2,1H3. The first-order chi connectivity index (χ1) is 11.5. The number of hydrogen-bond donors (Lipinski definition) is 0. The number of aromatic nitrogens is 1. The van der Waals surface area contributed by atoms with Crippen LogP contribution >= 0.6 is 0 Å². The smallest absolute Gasteiger partial charge is 0.271 e. The molecule has 3 aromatic rings. The summed E-state index contributed by atoms with van der Waals surface area (Å²) in [5, 5.41) is 20.4. The molecule has 0 radical (unpaired) electrons. The first kappa shape index (κ1) is 15.4. The average molecular weight is 319 g/mol. The highest BCUT2D eigenvalue weighted by Gasteiger charge is 2.17. The summed E-state index contributed by atoms with van der Waals surface area (Å²) in [6, 6.07) is 13.4. The molecule has 3 rings (SSSR count). The van der Waals surface area contributed by atoms with E-state index in [-0.39, 0.29) is 17.9 Å². The van der Waals surface area contributed by atoms with Gasteiger partial charge in [0.25, 0.3) is 5.69 Å². The van der Waals surface area contributed by atoms with Crippen LogP contribution in [0, 0.1) is 21.4 Å². The molecule has 118 valence electrons. The lowest BCUT2D eigenvalue weighted by atomic mass is 10.0. The van der Waals surface area contributed by atoms with Crippen molar-refractivity contribution in [1.29, 1.82) is 5.26 Å². The predicted octanol–water partition coefficient (Wildman–Crippen LogP) is 3.38. The number of hydrogen-bond acceptors (Lipinski definition) is 4. The zero-order valence-corrected chi connectivity index (χ0v) is 12.9. The minimum Gasteiger partial charge on any atom is -0.350 e. The van der Waals surface area contributed by atoms with Crippen LogP contribution in [-0.4, -0.2) is 15.3 Å². The first-order valence-corrected chi connectivity index (χ1v) is 7.25. The molecule has 1 aromatic heterocycles. The van der Waals surface area contributed by atoms with Gasteiger partial charge in [-0.05, 0) is 23.8 Å². The van der Waals surface area contributed by atoms with Gasteiger partial charge in [-0.1, -0.05) is 12.1 Å². The Morgan fingerprint density at radius 2 is 1.96 bits per heavy atom. The summed E-state index contributed by atoms with van der Waals surface area (Å²) in [6.07, 6.45) is 1.90. The van der Waals surface area contributed by atoms with Gasteiger partial charge in [0.2, 0.25) is 0 Å². The number of nitro benzene ring substituents is 1. The van der Waals surface area contributed by atoms with Crippen molar-refractivity contribution in [2.45, 2.75) is 6.42 Å². The normalized spacial score (nSPS) is 10.5. The SMILES string of the molecule is Cn1cc(C(=O)Cc2ccc(C#N)cc2)c2ccc([N+](=O)[O-])cc21. The van der Waals surface area contributed by atoms with Crippen molar-refractivity contribution in [3.63, 3.8) is 0 Å². The summed E-state index contributed by atoms with van der Waals surface area (Å²) < 4.78 is 1.72. The Kier molecular flexibility index (Phi) is 3.84. The second-order valence-corrected chi connectivity index (χ2v) is 5.52. The van der Waals surface area contributed by atoms with Crippen molar-refractivity contribution in [1.82, 2.24) is 4.57 Å². The van der Waals surface area contributed by atoms with Crippen LogP contribution in [0.15, 0.2) is 48.7 Å². The van der Waals surface area contributed by atoms with Gasteiger partial charge in [-0.2, -0.15) is 5.26 Å². The van der Waals surface area contributed by atoms with E-state index in [9.17, 15) is 14.9 Å². The lowest BCUT2D eigenvalue weighted by molar-refractivity contribution is -0.384. The number of nitrogens with zero attached hydrogens (tertiary/aromatic N) is 3. The fraction of sp³-hybridized carbons (Fsp3) is 0.111. The van der Waals surface area contributed by atoms with Crippen molar-refractivity contribution in [3.05, 3.63) is 75.5 Å². The van der Waals surface area contributed by atoms with Crippen molar-refractivity contribution >= 4 is 22.4 Å². The molecule has 6 nitrogen and oxygen atoms in total. The average Bonchev–Trinajstić information content (AvgIpc) is 2.92. The van der Waals surface area contributed by atoms with E-state index in [0.717, 1.165) is 5.56 Å². The quantitative estimate of drug-likeness (QED) is 0.419. The van der Waals surface area contributed by atoms with E-state index in [2.05, 4.69) is 0 Å². The molecular formula is C18H13N3O3. The zero-order chi connectivity index (χ0) is 17.3. The van der Waals surface area contributed by atoms with Gasteiger partial charge in [-0.25, -0.2) is 0 Å². The van der Waals surface area contributed by atoms with Crippen molar-refractivity contribution in [2.75, 3.05) is 0 Å². The Morgan fingerprint density at radius 3 is 2.58 bits per heavy atom. The number of nitriles is 1. The highest BCUT2D eigenvalue weighted by molar-refractivity contribution is 6.09. The number of benzene rings is 2. The van der Waals surface area contributed by atoms with Crippen LogP contribution in [-0.2, 0) is 13.5 Å². The zero-order valence-electron chi connectivity index (χ0n) is 12.9. The number of carbonyl (C=O) groups is 1. The van der Waals surface area contributed by atoms with E-state index in [4.69, 9.17) is 5.26 Å². The van der Waals surface area contributed by atoms with Gasteiger partial charge < -0.3 is 4.57 Å². The van der Waals surface area contributed by atoms with E-state index < -0.39 is 4.92 Å². The molecule has 0 amide bonds. The lowest BCUT2D eigenvalue weighted by Gasteiger charge is -2.01. The summed E-state index contributed by atoms with van der Waals surface area (Å²) in [6.45, 7) is 0. The first-order valence-electron chi connectivity index (χ1n) is 7.25. The summed E-state index contributed by atoms with van der Waals surface area (Å²) in [7, 11) is 1.75. The molecule has 0 aliphatic carbocycles. The molecule has 0 N–H and O–H groups in total. The monoisotopic (exact) mass is 319 g/mol. The largest absolute Gasteiger partial charge is 0.350 e. The maximum Gasteiger partial charge on any atom is 0.271 e. The number of rotatable bonds is 4. The molecule has 0 saturated carbocycles. The molecule has 0 saturated heterocycles. The van der Waals surface area contributed by atoms with Crippen molar-refractivity contribution < 1.29 is 9.72 Å². The van der Waals surface area contributed by atoms with Gasteiger partial charge in [0, 0.05) is 42.7 Å². The minimum atomic E-state index is -0.454. The van der Waals surface area contributed by atoms with Crippen molar-refractivity contribution in [2.24, 2.45) is 7.05 Å². The van der Waals surface area contributed by atoms with Crippen LogP contribution in [0.25, 0.3) is 10.9 Å². The van der Waals surface area contributed by atoms with Gasteiger partial charge in [-0.15, -0.1) is 0 Å². The molecule has 24 heavy (non-hydrogen) atoms. The summed E-state index contributed by atoms with van der Waals surface area (Å²) in [4.78, 5) is 23.0. The third kappa shape index (κ3) is 2.75. The molecular weight excluding hydrogens is 306 g/mol. The Labute approximate surface area is 137 Å². The topological polar surface area (TPSA) is 88.9 Å². The minimum absolute atomic E-state index is 0.00482. The number of ketones is 1. The van der Waals surface area contributed by atoms with Gasteiger partial charge in [0.15, 0.2) is 5.78 Å². The number of nitro groups is 1. The number of aryl methyl sites for hydroxylation is 1. The Balaban J connectivity index is 1.95. The maximum absolute atomic E-state index is 12.6. The van der Waals surface area contributed by atoms with E-state index in [1.54, 1.807) is 48.1 Å². The molecule has 0 unspecified atom stereocenters. The molecule has 0 aliphatic rings. The van der Waals surface area contributed by atoms with Crippen LogP contribution in [0.1, 0.15) is 21.5 Å². The Morgan fingerprint density at radius 1 is 1.25 bits per heavy atom. The number of carbonyl (C=O) groups excluding carboxylic acids is 1. The van der Waals surface area contributed by atoms with Gasteiger partial charge >= 0.3 is 0 Å². The highest BCUT2D eigenvalue weighted by Crippen LogP contribution is 2.26. The molecule has 1 heterocycles. The molecule has 0 fully saturated rings. The second-order valence-electron chi connectivity index (χ2n) is 5.52. The summed E-state index contributed by atoms with van der Waals surface area (Å²) in [5.41, 5.74) is 2.54. The van der Waals surface area contributed by atoms with Crippen LogP contribution in [0.4, 0.5) is 5.69 Å². The predicted molar refractivity (Wildman–Crippen MR) is 88.8 cm³/mol. The van der Waals surface area contributed by atoms with E-state index in [0.29, 0.717) is 22.0 Å². The Hall–Kier alpha value is -3.46. The third-order valence-electron chi connectivity index (χ3n) is 3.93. The fourth-order valence-electron chi connectivity index (χ4n) is 2.69. The van der Waals surface area contributed by atoms with E-state index >= 15 is 0 Å². The molecule has 0 spiro atoms. The summed E-state index contributed by atoms with van der Waals surface area (Å²) >= 11 is 0. The van der Waals surface area contributed by atoms with E-state index in [1.807, 2.05) is 6.07 Å². The van der Waals surface area contributed by atoms with E-state index in [1.165, 1.54) is 12.1 Å². The lowest BCUT2D eigenvalue weighted by Crippen LogP contribution is -2.03. The van der Waals surface area contributed by atoms with Gasteiger partial charge in [0.1, 0.15) is 0 Å².